The van der Waals surface area contributed by atoms with E-state index in [0.717, 1.165) is 12.8 Å². The maximum absolute atomic E-state index is 11.9. The van der Waals surface area contributed by atoms with E-state index >= 15 is 0 Å². The lowest BCUT2D eigenvalue weighted by molar-refractivity contribution is -0.385. The fourth-order valence-electron chi connectivity index (χ4n) is 1.80. The summed E-state index contributed by atoms with van der Waals surface area (Å²) in [6, 6.07) is 4.46. The highest BCUT2D eigenvalue weighted by Gasteiger charge is 2.18. The Balaban J connectivity index is 2.15. The fraction of sp³-hybridized carbons (Fsp3) is 0.250. The largest absolute Gasteiger partial charge is 0.349 e. The minimum Gasteiger partial charge on any atom is -0.349 e. The molecule has 0 radical (unpaired) electrons. The second-order valence-corrected chi connectivity index (χ2v) is 4.89. The van der Waals surface area contributed by atoms with E-state index in [1.165, 1.54) is 12.1 Å². The van der Waals surface area contributed by atoms with Crippen LogP contribution in [0.1, 0.15) is 23.2 Å². The normalized spacial score (nSPS) is 14.7. The van der Waals surface area contributed by atoms with Crippen LogP contribution in [-0.4, -0.2) is 16.9 Å². The molecular weight excluding hydrogens is 300 g/mol. The molecule has 5 nitrogen and oxygen atoms in total. The molecule has 2 rings (SSSR count). The van der Waals surface area contributed by atoms with Gasteiger partial charge in [-0.05, 0) is 40.9 Å². The van der Waals surface area contributed by atoms with Crippen LogP contribution in [0.15, 0.2) is 34.8 Å². The number of carbonyl (C=O) groups is 1. The van der Waals surface area contributed by atoms with E-state index in [2.05, 4.69) is 21.2 Å². The Hall–Kier alpha value is -1.69. The molecule has 0 atom stereocenters. The van der Waals surface area contributed by atoms with Crippen LogP contribution in [0.4, 0.5) is 5.69 Å². The summed E-state index contributed by atoms with van der Waals surface area (Å²) in [5.74, 6) is -0.278. The molecule has 0 unspecified atom stereocenters. The van der Waals surface area contributed by atoms with Crippen LogP contribution in [0.3, 0.4) is 0 Å². The lowest BCUT2D eigenvalue weighted by Crippen LogP contribution is -2.32. The summed E-state index contributed by atoms with van der Waals surface area (Å²) in [7, 11) is 0. The first-order chi connectivity index (χ1) is 8.58. The number of hydrogen-bond donors (Lipinski definition) is 1. The molecule has 0 aromatic heterocycles. The van der Waals surface area contributed by atoms with E-state index in [1.54, 1.807) is 6.07 Å². The van der Waals surface area contributed by atoms with Crippen LogP contribution in [0.25, 0.3) is 0 Å². The zero-order chi connectivity index (χ0) is 13.1. The van der Waals surface area contributed by atoms with Gasteiger partial charge in [-0.2, -0.15) is 0 Å². The lowest BCUT2D eigenvalue weighted by atomic mass is 10.1. The predicted octanol–water partition coefficient (Wildman–Crippen LogP) is 2.81. The Kier molecular flexibility index (Phi) is 3.76. The number of carbonyl (C=O) groups excluding carboxylic acids is 1. The van der Waals surface area contributed by atoms with Gasteiger partial charge < -0.3 is 5.32 Å². The average Bonchev–Trinajstić information content (AvgIpc) is 2.81. The number of nitrogens with one attached hydrogen (secondary N) is 1. The molecule has 0 bridgehead atoms. The Morgan fingerprint density at radius 1 is 1.39 bits per heavy atom. The van der Waals surface area contributed by atoms with Gasteiger partial charge in [0, 0.05) is 17.7 Å². The molecule has 0 saturated heterocycles. The highest BCUT2D eigenvalue weighted by Crippen LogP contribution is 2.25. The lowest BCUT2D eigenvalue weighted by Gasteiger charge is -2.11. The Labute approximate surface area is 112 Å². The van der Waals surface area contributed by atoms with Crippen LogP contribution in [0.2, 0.25) is 0 Å². The zero-order valence-corrected chi connectivity index (χ0v) is 11.0. The van der Waals surface area contributed by atoms with Gasteiger partial charge in [-0.1, -0.05) is 12.2 Å². The third-order valence-electron chi connectivity index (χ3n) is 2.75. The van der Waals surface area contributed by atoms with Gasteiger partial charge in [0.25, 0.3) is 11.6 Å². The first-order valence-corrected chi connectivity index (χ1v) is 6.27. The summed E-state index contributed by atoms with van der Waals surface area (Å²) in [4.78, 5) is 22.2. The van der Waals surface area contributed by atoms with Crippen molar-refractivity contribution < 1.29 is 9.72 Å². The Bertz CT molecular complexity index is 520. The summed E-state index contributed by atoms with van der Waals surface area (Å²) in [6.45, 7) is 0. The molecule has 1 aromatic rings. The number of nitro groups is 1. The van der Waals surface area contributed by atoms with Gasteiger partial charge in [0.15, 0.2) is 0 Å². The second kappa shape index (κ2) is 5.30. The van der Waals surface area contributed by atoms with E-state index < -0.39 is 4.92 Å². The second-order valence-electron chi connectivity index (χ2n) is 4.04. The highest BCUT2D eigenvalue weighted by molar-refractivity contribution is 9.10. The molecule has 1 N–H and O–H groups in total. The van der Waals surface area contributed by atoms with Crippen molar-refractivity contribution in [3.63, 3.8) is 0 Å². The van der Waals surface area contributed by atoms with Gasteiger partial charge in [-0.3, -0.25) is 14.9 Å². The van der Waals surface area contributed by atoms with E-state index in [4.69, 9.17) is 0 Å². The summed E-state index contributed by atoms with van der Waals surface area (Å²) in [5.41, 5.74) is 0.198. The molecular formula is C12H11BrN2O3. The molecule has 1 aliphatic carbocycles. The topological polar surface area (TPSA) is 72.2 Å². The number of rotatable bonds is 3. The standard InChI is InChI=1S/C12H11BrN2O3/c13-10-6-5-8(7-11(10)15(17)18)12(16)14-9-3-1-2-4-9/h1-2,5-7,9H,3-4H2,(H,14,16). The van der Waals surface area contributed by atoms with E-state index in [1.807, 2.05) is 12.2 Å². The van der Waals surface area contributed by atoms with Crippen LogP contribution < -0.4 is 5.32 Å². The first kappa shape index (κ1) is 12.8. The smallest absolute Gasteiger partial charge is 0.284 e. The summed E-state index contributed by atoms with van der Waals surface area (Å²) < 4.78 is 0.367. The van der Waals surface area contributed by atoms with Crippen molar-refractivity contribution in [1.29, 1.82) is 0 Å². The minimum atomic E-state index is -0.516. The first-order valence-electron chi connectivity index (χ1n) is 5.47. The third-order valence-corrected chi connectivity index (χ3v) is 3.42. The van der Waals surface area contributed by atoms with E-state index in [-0.39, 0.29) is 17.6 Å². The minimum absolute atomic E-state index is 0.0974. The van der Waals surface area contributed by atoms with Gasteiger partial charge in [-0.15, -0.1) is 0 Å². The Morgan fingerprint density at radius 2 is 2.06 bits per heavy atom. The summed E-state index contributed by atoms with van der Waals surface area (Å²) >= 11 is 3.08. The van der Waals surface area contributed by atoms with Crippen LogP contribution >= 0.6 is 15.9 Å². The maximum atomic E-state index is 11.9. The van der Waals surface area contributed by atoms with E-state index in [0.29, 0.717) is 10.0 Å². The number of halogens is 1. The zero-order valence-electron chi connectivity index (χ0n) is 9.43. The van der Waals surface area contributed by atoms with Crippen molar-refractivity contribution in [3.8, 4) is 0 Å². The van der Waals surface area contributed by atoms with Gasteiger partial charge in [0.2, 0.25) is 0 Å². The van der Waals surface area contributed by atoms with Crippen molar-refractivity contribution in [2.45, 2.75) is 18.9 Å². The van der Waals surface area contributed by atoms with Crippen LogP contribution in [0.5, 0.6) is 0 Å². The number of benzene rings is 1. The SMILES string of the molecule is O=C(NC1CC=CC1)c1ccc(Br)c([N+](=O)[O-])c1. The fourth-order valence-corrected chi connectivity index (χ4v) is 2.19. The number of nitro benzene ring substituents is 1. The molecule has 0 spiro atoms. The number of hydrogen-bond acceptors (Lipinski definition) is 3. The number of nitrogens with zero attached hydrogens (tertiary/aromatic N) is 1. The molecule has 0 fully saturated rings. The van der Waals surface area contributed by atoms with Gasteiger partial charge >= 0.3 is 0 Å². The highest BCUT2D eigenvalue weighted by atomic mass is 79.9. The molecule has 18 heavy (non-hydrogen) atoms. The van der Waals surface area contributed by atoms with Gasteiger partial charge in [0.05, 0.1) is 9.40 Å². The molecule has 1 amide bonds. The Morgan fingerprint density at radius 3 is 2.67 bits per heavy atom. The van der Waals surface area contributed by atoms with Crippen molar-refractivity contribution >= 4 is 27.5 Å². The van der Waals surface area contributed by atoms with Crippen molar-refractivity contribution in [3.05, 3.63) is 50.5 Å². The van der Waals surface area contributed by atoms with Gasteiger partial charge in [0.1, 0.15) is 0 Å². The summed E-state index contributed by atoms with van der Waals surface area (Å²) in [5, 5.41) is 13.6. The number of amides is 1. The van der Waals surface area contributed by atoms with Gasteiger partial charge in [-0.25, -0.2) is 0 Å². The third kappa shape index (κ3) is 2.76. The quantitative estimate of drug-likeness (QED) is 0.530. The van der Waals surface area contributed by atoms with Crippen molar-refractivity contribution in [1.82, 2.24) is 5.32 Å². The average molecular weight is 311 g/mol. The predicted molar refractivity (Wildman–Crippen MR) is 70.4 cm³/mol. The van der Waals surface area contributed by atoms with Crippen molar-refractivity contribution in [2.24, 2.45) is 0 Å². The van der Waals surface area contributed by atoms with Crippen LogP contribution in [-0.2, 0) is 0 Å². The molecule has 0 heterocycles. The molecule has 6 heteroatoms. The molecule has 0 aliphatic heterocycles. The van der Waals surface area contributed by atoms with E-state index in [9.17, 15) is 14.9 Å². The monoisotopic (exact) mass is 310 g/mol. The maximum Gasteiger partial charge on any atom is 0.284 e. The molecule has 94 valence electrons. The molecule has 0 saturated carbocycles. The molecule has 1 aliphatic rings. The molecule has 1 aromatic carbocycles. The summed E-state index contributed by atoms with van der Waals surface area (Å²) in [6.07, 6.45) is 5.64. The van der Waals surface area contributed by atoms with Crippen LogP contribution in [0, 0.1) is 10.1 Å². The van der Waals surface area contributed by atoms with Crippen molar-refractivity contribution in [2.75, 3.05) is 0 Å².